The summed E-state index contributed by atoms with van der Waals surface area (Å²) in [6, 6.07) is 0. The van der Waals surface area contributed by atoms with Crippen molar-refractivity contribution in [3.05, 3.63) is 0 Å². The van der Waals surface area contributed by atoms with Crippen LogP contribution in [-0.2, 0) is 4.79 Å². The molecule has 0 aliphatic heterocycles. The van der Waals surface area contributed by atoms with Crippen molar-refractivity contribution in [3.8, 4) is 0 Å². The molecule has 0 saturated carbocycles. The van der Waals surface area contributed by atoms with Gasteiger partial charge in [-0.25, -0.2) is 0 Å². The van der Waals surface area contributed by atoms with E-state index in [1.54, 1.807) is 0 Å². The average Bonchev–Trinajstić information content (AvgIpc) is 2.02. The average molecular weight is 191 g/mol. The number of rotatable bonds is 8. The first-order valence-electron chi connectivity index (χ1n) is 4.19. The lowest BCUT2D eigenvalue weighted by Gasteiger charge is -2.01. The third-order valence-electron chi connectivity index (χ3n) is 1.48. The van der Waals surface area contributed by atoms with Crippen LogP contribution in [0.1, 0.15) is 19.3 Å². The molecule has 4 heteroatoms. The van der Waals surface area contributed by atoms with E-state index in [0.29, 0.717) is 6.42 Å². The van der Waals surface area contributed by atoms with Crippen LogP contribution < -0.4 is 5.32 Å². The van der Waals surface area contributed by atoms with Gasteiger partial charge in [0.25, 0.3) is 0 Å². The zero-order valence-electron chi connectivity index (χ0n) is 7.51. The molecule has 0 aliphatic rings. The maximum absolute atomic E-state index is 10.1. The van der Waals surface area contributed by atoms with E-state index < -0.39 is 5.97 Å². The minimum atomic E-state index is -0.695. The van der Waals surface area contributed by atoms with Gasteiger partial charge in [-0.05, 0) is 25.6 Å². The van der Waals surface area contributed by atoms with Crippen LogP contribution in [0.15, 0.2) is 0 Å². The van der Waals surface area contributed by atoms with E-state index in [1.165, 1.54) is 0 Å². The molecule has 0 aliphatic carbocycles. The molecule has 3 nitrogen and oxygen atoms in total. The summed E-state index contributed by atoms with van der Waals surface area (Å²) in [5.74, 6) is 0.429. The van der Waals surface area contributed by atoms with Crippen molar-refractivity contribution < 1.29 is 9.90 Å². The van der Waals surface area contributed by atoms with Crippen molar-refractivity contribution in [2.24, 2.45) is 0 Å². The number of hydrogen-bond donors (Lipinski definition) is 2. The van der Waals surface area contributed by atoms with Crippen LogP contribution in [0.3, 0.4) is 0 Å². The predicted molar refractivity (Wildman–Crippen MR) is 52.7 cm³/mol. The summed E-state index contributed by atoms with van der Waals surface area (Å²) in [4.78, 5) is 10.1. The van der Waals surface area contributed by atoms with E-state index in [-0.39, 0.29) is 0 Å². The lowest BCUT2D eigenvalue weighted by Crippen LogP contribution is -2.18. The third-order valence-corrected chi connectivity index (χ3v) is 2.09. The molecule has 0 heterocycles. The fraction of sp³-hybridized carbons (Fsp3) is 0.875. The number of carboxylic acids is 1. The molecule has 2 N–H and O–H groups in total. The zero-order valence-corrected chi connectivity index (χ0v) is 8.32. The van der Waals surface area contributed by atoms with Gasteiger partial charge in [-0.2, -0.15) is 11.8 Å². The van der Waals surface area contributed by atoms with Crippen LogP contribution in [-0.4, -0.2) is 36.2 Å². The summed E-state index contributed by atoms with van der Waals surface area (Å²) in [5, 5.41) is 11.6. The lowest BCUT2D eigenvalue weighted by atomic mass is 10.2. The molecule has 0 fully saturated rings. The first kappa shape index (κ1) is 11.8. The van der Waals surface area contributed by atoms with E-state index in [2.05, 4.69) is 11.6 Å². The maximum atomic E-state index is 10.1. The van der Waals surface area contributed by atoms with Crippen molar-refractivity contribution >= 4 is 17.7 Å². The first-order chi connectivity index (χ1) is 5.77. The van der Waals surface area contributed by atoms with E-state index in [9.17, 15) is 4.79 Å². The van der Waals surface area contributed by atoms with Gasteiger partial charge < -0.3 is 10.4 Å². The van der Waals surface area contributed by atoms with Crippen LogP contribution in [0.2, 0.25) is 0 Å². The number of thioether (sulfide) groups is 1. The topological polar surface area (TPSA) is 49.3 Å². The zero-order chi connectivity index (χ0) is 9.23. The van der Waals surface area contributed by atoms with Crippen molar-refractivity contribution in [1.82, 2.24) is 5.32 Å². The summed E-state index contributed by atoms with van der Waals surface area (Å²) in [6.45, 7) is 1.96. The minimum Gasteiger partial charge on any atom is -0.481 e. The highest BCUT2D eigenvalue weighted by molar-refractivity contribution is 7.98. The van der Waals surface area contributed by atoms with Gasteiger partial charge in [0.1, 0.15) is 0 Å². The summed E-state index contributed by atoms with van der Waals surface area (Å²) in [6.07, 6.45) is 4.11. The van der Waals surface area contributed by atoms with Crippen molar-refractivity contribution in [1.29, 1.82) is 0 Å². The number of aliphatic carboxylic acids is 1. The van der Waals surface area contributed by atoms with Gasteiger partial charge in [0.2, 0.25) is 0 Å². The van der Waals surface area contributed by atoms with Gasteiger partial charge in [-0.3, -0.25) is 4.79 Å². The van der Waals surface area contributed by atoms with Crippen molar-refractivity contribution in [2.45, 2.75) is 19.3 Å². The SMILES string of the molecule is CSCCNCCCCC(=O)O. The Bertz CT molecular complexity index is 120. The largest absolute Gasteiger partial charge is 0.481 e. The van der Waals surface area contributed by atoms with Crippen molar-refractivity contribution in [2.75, 3.05) is 25.1 Å². The monoisotopic (exact) mass is 191 g/mol. The summed E-state index contributed by atoms with van der Waals surface area (Å²) < 4.78 is 0. The van der Waals surface area contributed by atoms with Gasteiger partial charge in [0, 0.05) is 18.7 Å². The maximum Gasteiger partial charge on any atom is 0.303 e. The molecule has 0 radical (unpaired) electrons. The van der Waals surface area contributed by atoms with Gasteiger partial charge in [-0.1, -0.05) is 0 Å². The Morgan fingerprint density at radius 2 is 2.17 bits per heavy atom. The molecule has 12 heavy (non-hydrogen) atoms. The second-order valence-corrected chi connectivity index (χ2v) is 3.58. The Balaban J connectivity index is 2.86. The quantitative estimate of drug-likeness (QED) is 0.566. The molecule has 0 aromatic carbocycles. The molecular weight excluding hydrogens is 174 g/mol. The fourth-order valence-electron chi connectivity index (χ4n) is 0.825. The van der Waals surface area contributed by atoms with Gasteiger partial charge >= 0.3 is 5.97 Å². The normalized spacial score (nSPS) is 10.1. The lowest BCUT2D eigenvalue weighted by molar-refractivity contribution is -0.137. The molecule has 0 rings (SSSR count). The number of carbonyl (C=O) groups is 1. The standard InChI is InChI=1S/C8H17NO2S/c1-12-7-6-9-5-3-2-4-8(10)11/h9H,2-7H2,1H3,(H,10,11). The number of hydrogen-bond acceptors (Lipinski definition) is 3. The van der Waals surface area contributed by atoms with Crippen LogP contribution in [0, 0.1) is 0 Å². The van der Waals surface area contributed by atoms with E-state index >= 15 is 0 Å². The molecule has 0 unspecified atom stereocenters. The molecule has 0 spiro atoms. The number of unbranched alkanes of at least 4 members (excludes halogenated alkanes) is 1. The Kier molecular flexibility index (Phi) is 8.71. The van der Waals surface area contributed by atoms with Gasteiger partial charge in [0.15, 0.2) is 0 Å². The highest BCUT2D eigenvalue weighted by atomic mass is 32.2. The van der Waals surface area contributed by atoms with E-state index in [1.807, 2.05) is 11.8 Å². The number of nitrogens with one attached hydrogen (secondary N) is 1. The Morgan fingerprint density at radius 1 is 1.42 bits per heavy atom. The van der Waals surface area contributed by atoms with E-state index in [0.717, 1.165) is 31.7 Å². The highest BCUT2D eigenvalue weighted by Gasteiger charge is 1.95. The first-order valence-corrected chi connectivity index (χ1v) is 5.58. The van der Waals surface area contributed by atoms with Crippen LogP contribution in [0.25, 0.3) is 0 Å². The molecule has 0 amide bonds. The predicted octanol–water partition coefficient (Wildman–Crippen LogP) is 1.19. The molecular formula is C8H17NO2S. The molecule has 72 valence electrons. The third kappa shape index (κ3) is 9.78. The Labute approximate surface area is 77.9 Å². The second-order valence-electron chi connectivity index (χ2n) is 2.59. The Hall–Kier alpha value is -0.220. The fourth-order valence-corrected chi connectivity index (χ4v) is 1.17. The van der Waals surface area contributed by atoms with Gasteiger partial charge in [0.05, 0.1) is 0 Å². The highest BCUT2D eigenvalue weighted by Crippen LogP contribution is 1.93. The minimum absolute atomic E-state index is 0.296. The number of carboxylic acid groups (broad SMARTS) is 1. The molecule has 0 aromatic rings. The van der Waals surface area contributed by atoms with Crippen LogP contribution >= 0.6 is 11.8 Å². The van der Waals surface area contributed by atoms with Gasteiger partial charge in [-0.15, -0.1) is 0 Å². The summed E-state index contributed by atoms with van der Waals surface area (Å²) >= 11 is 1.81. The van der Waals surface area contributed by atoms with E-state index in [4.69, 9.17) is 5.11 Å². The molecule has 0 bridgehead atoms. The summed E-state index contributed by atoms with van der Waals surface area (Å²) in [7, 11) is 0. The second kappa shape index (κ2) is 8.87. The van der Waals surface area contributed by atoms with Crippen LogP contribution in [0.5, 0.6) is 0 Å². The van der Waals surface area contributed by atoms with Crippen molar-refractivity contribution in [3.63, 3.8) is 0 Å². The smallest absolute Gasteiger partial charge is 0.303 e. The summed E-state index contributed by atoms with van der Waals surface area (Å²) in [5.41, 5.74) is 0. The van der Waals surface area contributed by atoms with Crippen LogP contribution in [0.4, 0.5) is 0 Å². The Morgan fingerprint density at radius 3 is 2.75 bits per heavy atom. The molecule has 0 atom stereocenters. The molecule has 0 saturated heterocycles. The molecule has 0 aromatic heterocycles.